The van der Waals surface area contributed by atoms with Gasteiger partial charge < -0.3 is 10.7 Å². The number of benzene rings is 1. The number of nitrogens with two attached hydrogens (primary N) is 1. The number of rotatable bonds is 1. The Morgan fingerprint density at radius 2 is 2.15 bits per heavy atom. The Morgan fingerprint density at radius 1 is 1.38 bits per heavy atom. The van der Waals surface area contributed by atoms with E-state index >= 15 is 0 Å². The fourth-order valence-corrected chi connectivity index (χ4v) is 1.28. The maximum Gasteiger partial charge on any atom is 0.242 e. The van der Waals surface area contributed by atoms with Crippen LogP contribution in [-0.4, -0.2) is 11.1 Å². The highest BCUT2D eigenvalue weighted by molar-refractivity contribution is 5.97. The molecule has 0 aliphatic carbocycles. The van der Waals surface area contributed by atoms with Crippen molar-refractivity contribution in [2.24, 2.45) is 4.99 Å². The maximum atomic E-state index is 10.0. The van der Waals surface area contributed by atoms with E-state index in [0.29, 0.717) is 11.5 Å². The standard InChI is InChI=1S/C9H7N3O/c10-8-6-3-1-2-4-7(6)12-9(8)11-5-13/h1-4,12H,10H2. The van der Waals surface area contributed by atoms with Crippen molar-refractivity contribution < 1.29 is 4.79 Å². The lowest BCUT2D eigenvalue weighted by Gasteiger charge is -1.87. The van der Waals surface area contributed by atoms with Crippen LogP contribution in [0.25, 0.3) is 10.9 Å². The third-order valence-corrected chi connectivity index (χ3v) is 1.88. The smallest absolute Gasteiger partial charge is 0.242 e. The Bertz CT molecular complexity index is 495. The third-order valence-electron chi connectivity index (χ3n) is 1.88. The molecule has 0 amide bonds. The van der Waals surface area contributed by atoms with E-state index in [2.05, 4.69) is 9.98 Å². The van der Waals surface area contributed by atoms with E-state index in [1.807, 2.05) is 24.3 Å². The number of aromatic amines is 1. The van der Waals surface area contributed by atoms with Crippen molar-refractivity contribution in [1.29, 1.82) is 0 Å². The minimum Gasteiger partial charge on any atom is -0.395 e. The summed E-state index contributed by atoms with van der Waals surface area (Å²) in [6.45, 7) is 0. The SMILES string of the molecule is Nc1c(N=C=O)[nH]c2ccccc12. The van der Waals surface area contributed by atoms with Gasteiger partial charge in [-0.2, -0.15) is 0 Å². The Balaban J connectivity index is 2.80. The number of nitrogen functional groups attached to an aromatic ring is 1. The zero-order chi connectivity index (χ0) is 9.26. The number of fused-ring (bicyclic) bond motifs is 1. The molecule has 3 N–H and O–H groups in total. The first-order valence-corrected chi connectivity index (χ1v) is 3.77. The number of nitrogens with zero attached hydrogens (tertiary/aromatic N) is 1. The molecule has 0 saturated heterocycles. The average molecular weight is 173 g/mol. The summed E-state index contributed by atoms with van der Waals surface area (Å²) in [5.74, 6) is 0.371. The summed E-state index contributed by atoms with van der Waals surface area (Å²) in [7, 11) is 0. The molecule has 2 rings (SSSR count). The summed E-state index contributed by atoms with van der Waals surface area (Å²) < 4.78 is 0. The first-order chi connectivity index (χ1) is 6.33. The van der Waals surface area contributed by atoms with Gasteiger partial charge in [0.2, 0.25) is 6.08 Å². The lowest BCUT2D eigenvalue weighted by molar-refractivity contribution is 0.565. The second kappa shape index (κ2) is 2.77. The van der Waals surface area contributed by atoms with Crippen molar-refractivity contribution >= 4 is 28.5 Å². The Kier molecular flexibility index (Phi) is 1.61. The molecular formula is C9H7N3O. The summed E-state index contributed by atoms with van der Waals surface area (Å²) in [5.41, 5.74) is 7.08. The first kappa shape index (κ1) is 7.58. The topological polar surface area (TPSA) is 71.2 Å². The molecule has 4 heteroatoms. The molecule has 0 unspecified atom stereocenters. The van der Waals surface area contributed by atoms with Crippen LogP contribution in [0.15, 0.2) is 29.3 Å². The van der Waals surface area contributed by atoms with Crippen LogP contribution < -0.4 is 5.73 Å². The Morgan fingerprint density at radius 3 is 2.85 bits per heavy atom. The van der Waals surface area contributed by atoms with Crippen LogP contribution in [0.1, 0.15) is 0 Å². The number of hydrogen-bond acceptors (Lipinski definition) is 3. The lowest BCUT2D eigenvalue weighted by Crippen LogP contribution is -1.80. The molecule has 1 aromatic carbocycles. The number of aliphatic imine (C=N–C) groups is 1. The molecule has 0 atom stereocenters. The largest absolute Gasteiger partial charge is 0.395 e. The second-order valence-corrected chi connectivity index (χ2v) is 2.64. The number of nitrogens with one attached hydrogen (secondary N) is 1. The van der Waals surface area contributed by atoms with Crippen molar-refractivity contribution in [3.8, 4) is 0 Å². The third kappa shape index (κ3) is 1.09. The van der Waals surface area contributed by atoms with Crippen molar-refractivity contribution in [3.63, 3.8) is 0 Å². The van der Waals surface area contributed by atoms with E-state index in [4.69, 9.17) is 5.73 Å². The lowest BCUT2D eigenvalue weighted by atomic mass is 10.2. The highest BCUT2D eigenvalue weighted by Crippen LogP contribution is 2.29. The van der Waals surface area contributed by atoms with Crippen LogP contribution in [-0.2, 0) is 4.79 Å². The van der Waals surface area contributed by atoms with Gasteiger partial charge in [-0.25, -0.2) is 4.79 Å². The van der Waals surface area contributed by atoms with Crippen molar-refractivity contribution in [1.82, 2.24) is 4.98 Å². The second-order valence-electron chi connectivity index (χ2n) is 2.64. The summed E-state index contributed by atoms with van der Waals surface area (Å²) in [5, 5.41) is 0.872. The van der Waals surface area contributed by atoms with Crippen LogP contribution in [0.4, 0.5) is 11.5 Å². The van der Waals surface area contributed by atoms with Crippen molar-refractivity contribution in [2.75, 3.05) is 5.73 Å². The molecule has 0 bridgehead atoms. The zero-order valence-corrected chi connectivity index (χ0v) is 6.74. The normalized spacial score (nSPS) is 9.85. The van der Waals surface area contributed by atoms with Crippen molar-refractivity contribution in [2.45, 2.75) is 0 Å². The van der Waals surface area contributed by atoms with E-state index < -0.39 is 0 Å². The van der Waals surface area contributed by atoms with Crippen LogP contribution >= 0.6 is 0 Å². The van der Waals surface area contributed by atoms with E-state index in [-0.39, 0.29) is 0 Å². The zero-order valence-electron chi connectivity index (χ0n) is 6.74. The van der Waals surface area contributed by atoms with Gasteiger partial charge >= 0.3 is 0 Å². The average Bonchev–Trinajstić information content (AvgIpc) is 2.46. The van der Waals surface area contributed by atoms with Crippen LogP contribution in [0.2, 0.25) is 0 Å². The first-order valence-electron chi connectivity index (χ1n) is 3.77. The van der Waals surface area contributed by atoms with Gasteiger partial charge in [-0.1, -0.05) is 18.2 Å². The van der Waals surface area contributed by atoms with Gasteiger partial charge in [0, 0.05) is 10.9 Å². The van der Waals surface area contributed by atoms with E-state index in [9.17, 15) is 4.79 Å². The molecular weight excluding hydrogens is 166 g/mol. The quantitative estimate of drug-likeness (QED) is 0.509. The number of carbonyl (C=O) groups excluding carboxylic acids is 1. The summed E-state index contributed by atoms with van der Waals surface area (Å²) in [6, 6.07) is 7.49. The minimum atomic E-state index is 0.371. The van der Waals surface area contributed by atoms with Gasteiger partial charge in [-0.3, -0.25) is 0 Å². The van der Waals surface area contributed by atoms with E-state index in [0.717, 1.165) is 10.9 Å². The van der Waals surface area contributed by atoms with E-state index in [1.165, 1.54) is 6.08 Å². The molecule has 0 saturated carbocycles. The number of isocyanates is 1. The van der Waals surface area contributed by atoms with Crippen LogP contribution in [0, 0.1) is 0 Å². The summed E-state index contributed by atoms with van der Waals surface area (Å²) in [4.78, 5) is 16.4. The number of hydrogen-bond donors (Lipinski definition) is 2. The van der Waals surface area contributed by atoms with Gasteiger partial charge in [0.1, 0.15) is 0 Å². The highest BCUT2D eigenvalue weighted by atomic mass is 16.1. The molecule has 0 fully saturated rings. The Hall–Kier alpha value is -2.06. The van der Waals surface area contributed by atoms with E-state index in [1.54, 1.807) is 0 Å². The molecule has 0 radical (unpaired) electrons. The van der Waals surface area contributed by atoms with Gasteiger partial charge in [0.25, 0.3) is 0 Å². The predicted octanol–water partition coefficient (Wildman–Crippen LogP) is 1.72. The highest BCUT2D eigenvalue weighted by Gasteiger charge is 2.05. The Labute approximate surface area is 74.1 Å². The van der Waals surface area contributed by atoms with Gasteiger partial charge in [-0.15, -0.1) is 4.99 Å². The molecule has 1 heterocycles. The van der Waals surface area contributed by atoms with Crippen molar-refractivity contribution in [3.05, 3.63) is 24.3 Å². The minimum absolute atomic E-state index is 0.371. The van der Waals surface area contributed by atoms with Crippen LogP contribution in [0.5, 0.6) is 0 Å². The fourth-order valence-electron chi connectivity index (χ4n) is 1.28. The number of H-pyrrole nitrogens is 1. The molecule has 0 spiro atoms. The van der Waals surface area contributed by atoms with Gasteiger partial charge in [0.05, 0.1) is 5.69 Å². The number of para-hydroxylation sites is 1. The molecule has 0 aliphatic heterocycles. The monoisotopic (exact) mass is 173 g/mol. The molecule has 4 nitrogen and oxygen atoms in total. The molecule has 2 aromatic rings. The fraction of sp³-hybridized carbons (Fsp3) is 0. The molecule has 0 aliphatic rings. The number of anilines is 1. The van der Waals surface area contributed by atoms with Gasteiger partial charge in [-0.05, 0) is 6.07 Å². The number of aromatic nitrogens is 1. The van der Waals surface area contributed by atoms with Crippen LogP contribution in [0.3, 0.4) is 0 Å². The molecule has 64 valence electrons. The summed E-state index contributed by atoms with van der Waals surface area (Å²) >= 11 is 0. The summed E-state index contributed by atoms with van der Waals surface area (Å²) in [6.07, 6.45) is 1.45. The van der Waals surface area contributed by atoms with Gasteiger partial charge in [0.15, 0.2) is 5.82 Å². The molecule has 13 heavy (non-hydrogen) atoms. The predicted molar refractivity (Wildman–Crippen MR) is 50.5 cm³/mol. The molecule has 1 aromatic heterocycles. The maximum absolute atomic E-state index is 10.0.